The molecule has 20 heavy (non-hydrogen) atoms. The number of ether oxygens (including phenoxy) is 1. The van der Waals surface area contributed by atoms with Crippen LogP contribution in [0.5, 0.6) is 17.2 Å². The second-order valence-corrected chi connectivity index (χ2v) is 4.41. The summed E-state index contributed by atoms with van der Waals surface area (Å²) in [5.41, 5.74) is 1.37. The van der Waals surface area contributed by atoms with E-state index in [1.54, 1.807) is 36.4 Å². The Labute approximate surface area is 115 Å². The highest BCUT2D eigenvalue weighted by molar-refractivity contribution is 5.80. The maximum atomic E-state index is 9.60. The lowest BCUT2D eigenvalue weighted by Crippen LogP contribution is -1.85. The number of fused-ring (bicyclic) bond motifs is 1. The third kappa shape index (κ3) is 2.12. The van der Waals surface area contributed by atoms with Gasteiger partial charge >= 0.3 is 11.3 Å². The first kappa shape index (κ1) is 12.3. The summed E-state index contributed by atoms with van der Waals surface area (Å²) in [6, 6.07) is 13.7. The molecule has 0 saturated heterocycles. The minimum Gasteiger partial charge on any atom is -0.508 e. The Balaban J connectivity index is 2.14. The van der Waals surface area contributed by atoms with Crippen molar-refractivity contribution >= 4 is 11.0 Å². The van der Waals surface area contributed by atoms with E-state index in [1.165, 1.54) is 7.11 Å². The summed E-state index contributed by atoms with van der Waals surface area (Å²) in [4.78, 5) is 0. The molecule has 2 N–H and O–H groups in total. The molecular formula is C16H13O4+. The molecule has 4 heteroatoms. The predicted molar refractivity (Wildman–Crippen MR) is 75.9 cm³/mol. The molecule has 3 rings (SSSR count). The Kier molecular flexibility index (Phi) is 2.91. The Hall–Kier alpha value is -2.75. The van der Waals surface area contributed by atoms with Crippen LogP contribution >= 0.6 is 0 Å². The Morgan fingerprint density at radius 1 is 0.950 bits per heavy atom. The average Bonchev–Trinajstić information content (AvgIpc) is 2.47. The van der Waals surface area contributed by atoms with Crippen molar-refractivity contribution < 1.29 is 19.4 Å². The normalized spacial score (nSPS) is 10.7. The number of phenols is 2. The van der Waals surface area contributed by atoms with Gasteiger partial charge in [0.05, 0.1) is 24.1 Å². The Morgan fingerprint density at radius 3 is 2.55 bits per heavy atom. The summed E-state index contributed by atoms with van der Waals surface area (Å²) < 4.78 is 10.9. The monoisotopic (exact) mass is 269 g/mol. The van der Waals surface area contributed by atoms with E-state index < -0.39 is 0 Å². The molecule has 2 aromatic carbocycles. The van der Waals surface area contributed by atoms with Crippen LogP contribution in [-0.4, -0.2) is 17.3 Å². The SMILES string of the molecule is COc1cc(-c2ccc3ccc(O)cc3[o+]2)ccc1O. The van der Waals surface area contributed by atoms with Gasteiger partial charge in [-0.25, -0.2) is 4.42 Å². The van der Waals surface area contributed by atoms with Crippen LogP contribution < -0.4 is 4.74 Å². The van der Waals surface area contributed by atoms with E-state index in [0.717, 1.165) is 10.9 Å². The highest BCUT2D eigenvalue weighted by atomic mass is 16.5. The van der Waals surface area contributed by atoms with E-state index in [1.807, 2.05) is 12.1 Å². The van der Waals surface area contributed by atoms with Gasteiger partial charge < -0.3 is 14.9 Å². The minimum absolute atomic E-state index is 0.0784. The fourth-order valence-corrected chi connectivity index (χ4v) is 2.05. The van der Waals surface area contributed by atoms with Gasteiger partial charge in [-0.2, -0.15) is 0 Å². The zero-order valence-corrected chi connectivity index (χ0v) is 10.8. The zero-order valence-electron chi connectivity index (χ0n) is 10.8. The van der Waals surface area contributed by atoms with Crippen molar-refractivity contribution in [3.8, 4) is 28.6 Å². The molecule has 3 aromatic rings. The average molecular weight is 269 g/mol. The molecule has 0 radical (unpaired) electrons. The van der Waals surface area contributed by atoms with Crippen LogP contribution in [0, 0.1) is 0 Å². The molecule has 1 heterocycles. The Morgan fingerprint density at radius 2 is 1.75 bits per heavy atom. The van der Waals surface area contributed by atoms with Gasteiger partial charge in [0.15, 0.2) is 11.5 Å². The van der Waals surface area contributed by atoms with E-state index >= 15 is 0 Å². The molecule has 0 bridgehead atoms. The second-order valence-electron chi connectivity index (χ2n) is 4.41. The molecule has 0 aliphatic heterocycles. The van der Waals surface area contributed by atoms with Gasteiger partial charge in [0, 0.05) is 12.1 Å². The van der Waals surface area contributed by atoms with Crippen molar-refractivity contribution in [3.63, 3.8) is 0 Å². The first-order valence-electron chi connectivity index (χ1n) is 6.10. The van der Waals surface area contributed by atoms with Crippen LogP contribution in [0.25, 0.3) is 22.3 Å². The molecule has 0 fully saturated rings. The summed E-state index contributed by atoms with van der Waals surface area (Å²) in [7, 11) is 1.49. The van der Waals surface area contributed by atoms with Crippen molar-refractivity contribution in [1.29, 1.82) is 0 Å². The van der Waals surface area contributed by atoms with Crippen LogP contribution in [0.2, 0.25) is 0 Å². The molecule has 0 aliphatic rings. The Bertz CT molecular complexity index is 781. The quantitative estimate of drug-likeness (QED) is 0.695. The lowest BCUT2D eigenvalue weighted by molar-refractivity contribution is 0.373. The smallest absolute Gasteiger partial charge is 0.364 e. The number of hydrogen-bond acceptors (Lipinski definition) is 3. The largest absolute Gasteiger partial charge is 0.508 e. The van der Waals surface area contributed by atoms with Crippen LogP contribution in [0.3, 0.4) is 0 Å². The summed E-state index contributed by atoms with van der Waals surface area (Å²) >= 11 is 0. The molecular weight excluding hydrogens is 256 g/mol. The topological polar surface area (TPSA) is 61.0 Å². The van der Waals surface area contributed by atoms with E-state index in [9.17, 15) is 10.2 Å². The van der Waals surface area contributed by atoms with Gasteiger partial charge in [-0.05, 0) is 30.3 Å². The third-order valence-corrected chi connectivity index (χ3v) is 3.10. The maximum absolute atomic E-state index is 9.60. The fraction of sp³-hybridized carbons (Fsp3) is 0.0625. The highest BCUT2D eigenvalue weighted by Crippen LogP contribution is 2.33. The van der Waals surface area contributed by atoms with Gasteiger partial charge in [-0.3, -0.25) is 0 Å². The maximum Gasteiger partial charge on any atom is 0.364 e. The standard InChI is InChI=1S/C16H12O4/c1-19-16-8-11(3-6-13(16)18)14-7-4-10-2-5-12(17)9-15(10)20-14/h2-9H,1H3,(H-,17,18)/p+1. The molecule has 0 spiro atoms. The molecule has 4 nitrogen and oxygen atoms in total. The molecule has 0 unspecified atom stereocenters. The highest BCUT2D eigenvalue weighted by Gasteiger charge is 2.16. The first-order chi connectivity index (χ1) is 9.67. The third-order valence-electron chi connectivity index (χ3n) is 3.10. The molecule has 0 atom stereocenters. The van der Waals surface area contributed by atoms with Crippen LogP contribution in [0.4, 0.5) is 0 Å². The van der Waals surface area contributed by atoms with Crippen molar-refractivity contribution in [2.75, 3.05) is 7.11 Å². The summed E-state index contributed by atoms with van der Waals surface area (Å²) in [6.07, 6.45) is 0. The lowest BCUT2D eigenvalue weighted by atomic mass is 10.1. The molecule has 0 amide bonds. The number of hydrogen-bond donors (Lipinski definition) is 2. The zero-order chi connectivity index (χ0) is 14.1. The van der Waals surface area contributed by atoms with E-state index in [-0.39, 0.29) is 11.5 Å². The van der Waals surface area contributed by atoms with Crippen molar-refractivity contribution in [2.24, 2.45) is 0 Å². The summed E-state index contributed by atoms with van der Waals surface area (Å²) in [6.45, 7) is 0. The van der Waals surface area contributed by atoms with Crippen LogP contribution in [0.15, 0.2) is 52.9 Å². The number of phenolic OH excluding ortho intramolecular Hbond substituents is 2. The molecule has 0 aliphatic carbocycles. The molecule has 100 valence electrons. The number of benzene rings is 2. The van der Waals surface area contributed by atoms with Gasteiger partial charge in [0.1, 0.15) is 5.75 Å². The fourth-order valence-electron chi connectivity index (χ4n) is 2.05. The molecule has 0 saturated carbocycles. The summed E-state index contributed by atoms with van der Waals surface area (Å²) in [5.74, 6) is 1.24. The van der Waals surface area contributed by atoms with E-state index in [4.69, 9.17) is 9.15 Å². The van der Waals surface area contributed by atoms with E-state index in [0.29, 0.717) is 17.1 Å². The minimum atomic E-state index is 0.0784. The summed E-state index contributed by atoms with van der Waals surface area (Å²) in [5, 5.41) is 20.0. The number of aromatic hydroxyl groups is 2. The van der Waals surface area contributed by atoms with Gasteiger partial charge in [0.25, 0.3) is 0 Å². The second kappa shape index (κ2) is 4.74. The van der Waals surface area contributed by atoms with Crippen LogP contribution in [-0.2, 0) is 0 Å². The van der Waals surface area contributed by atoms with Crippen molar-refractivity contribution in [3.05, 3.63) is 48.5 Å². The first-order valence-corrected chi connectivity index (χ1v) is 6.10. The van der Waals surface area contributed by atoms with E-state index in [2.05, 4.69) is 0 Å². The van der Waals surface area contributed by atoms with Gasteiger partial charge in [-0.1, -0.05) is 0 Å². The number of rotatable bonds is 2. The van der Waals surface area contributed by atoms with Gasteiger partial charge in [0.2, 0.25) is 0 Å². The predicted octanol–water partition coefficient (Wildman–Crippen LogP) is 3.80. The van der Waals surface area contributed by atoms with Crippen LogP contribution in [0.1, 0.15) is 0 Å². The van der Waals surface area contributed by atoms with Gasteiger partial charge in [-0.15, -0.1) is 0 Å². The molecule has 1 aromatic heterocycles. The van der Waals surface area contributed by atoms with Crippen molar-refractivity contribution in [1.82, 2.24) is 0 Å². The lowest BCUT2D eigenvalue weighted by Gasteiger charge is -2.02. The number of methoxy groups -OCH3 is 1. The van der Waals surface area contributed by atoms with Crippen molar-refractivity contribution in [2.45, 2.75) is 0 Å².